The summed E-state index contributed by atoms with van der Waals surface area (Å²) in [6.45, 7) is 2.86. The molecule has 1 aromatic heterocycles. The van der Waals surface area contributed by atoms with E-state index in [-0.39, 0.29) is 6.04 Å². The minimum Gasteiger partial charge on any atom is -0.493 e. The maximum atomic E-state index is 5.69. The van der Waals surface area contributed by atoms with Gasteiger partial charge in [-0.3, -0.25) is 4.98 Å². The van der Waals surface area contributed by atoms with E-state index in [2.05, 4.69) is 34.3 Å². The molecule has 2 atom stereocenters. The highest BCUT2D eigenvalue weighted by Crippen LogP contribution is 2.36. The van der Waals surface area contributed by atoms with Crippen LogP contribution in [-0.2, 0) is 0 Å². The van der Waals surface area contributed by atoms with E-state index < -0.39 is 0 Å². The number of fused-ring (bicyclic) bond motifs is 1. The number of benzene rings is 1. The number of hydrogen-bond donors (Lipinski definition) is 1. The molecule has 2 unspecified atom stereocenters. The first-order chi connectivity index (χ1) is 8.84. The number of nitrogens with one attached hydrogen (secondary N) is 1. The van der Waals surface area contributed by atoms with Crippen LogP contribution in [0.2, 0.25) is 0 Å². The van der Waals surface area contributed by atoms with Crippen molar-refractivity contribution in [2.24, 2.45) is 0 Å². The highest BCUT2D eigenvalue weighted by atomic mass is 16.5. The topological polar surface area (TPSA) is 47.0 Å². The zero-order chi connectivity index (χ0) is 12.4. The standard InChI is InChI=1S/C14H15N3O/c1-10(17-14-8-15-6-7-16-14)12-9-18-13-5-3-2-4-11(12)13/h2-8,10,12H,9H2,1H3,(H,16,17). The Morgan fingerprint density at radius 3 is 3.06 bits per heavy atom. The molecule has 0 saturated heterocycles. The Bertz CT molecular complexity index is 530. The molecule has 92 valence electrons. The number of ether oxygens (including phenoxy) is 1. The summed E-state index contributed by atoms with van der Waals surface area (Å²) in [6.07, 6.45) is 5.09. The van der Waals surface area contributed by atoms with Crippen LogP contribution in [0, 0.1) is 0 Å². The molecular formula is C14H15N3O. The van der Waals surface area contributed by atoms with E-state index in [1.165, 1.54) is 5.56 Å². The van der Waals surface area contributed by atoms with E-state index in [0.29, 0.717) is 12.5 Å². The highest BCUT2D eigenvalue weighted by Gasteiger charge is 2.28. The van der Waals surface area contributed by atoms with E-state index in [4.69, 9.17) is 4.74 Å². The fourth-order valence-electron chi connectivity index (χ4n) is 2.31. The van der Waals surface area contributed by atoms with E-state index in [1.54, 1.807) is 18.6 Å². The van der Waals surface area contributed by atoms with Crippen molar-refractivity contribution in [3.8, 4) is 5.75 Å². The molecule has 1 aliphatic rings. The third-order valence-corrected chi connectivity index (χ3v) is 3.28. The number of nitrogens with zero attached hydrogens (tertiary/aromatic N) is 2. The summed E-state index contributed by atoms with van der Waals surface area (Å²) in [6, 6.07) is 8.45. The molecule has 0 saturated carbocycles. The summed E-state index contributed by atoms with van der Waals surface area (Å²) in [5, 5.41) is 3.37. The van der Waals surface area contributed by atoms with Gasteiger partial charge in [0.05, 0.1) is 12.8 Å². The van der Waals surface area contributed by atoms with Gasteiger partial charge in [0.1, 0.15) is 11.6 Å². The van der Waals surface area contributed by atoms with Crippen LogP contribution in [-0.4, -0.2) is 22.6 Å². The Morgan fingerprint density at radius 2 is 2.22 bits per heavy atom. The first-order valence-corrected chi connectivity index (χ1v) is 6.09. The molecule has 4 nitrogen and oxygen atoms in total. The maximum Gasteiger partial charge on any atom is 0.144 e. The fourth-order valence-corrected chi connectivity index (χ4v) is 2.31. The summed E-state index contributed by atoms with van der Waals surface area (Å²) in [7, 11) is 0. The second-order valence-corrected chi connectivity index (χ2v) is 4.48. The van der Waals surface area contributed by atoms with Gasteiger partial charge in [-0.2, -0.15) is 0 Å². The van der Waals surface area contributed by atoms with E-state index >= 15 is 0 Å². The molecule has 2 aromatic rings. The molecule has 2 heterocycles. The second-order valence-electron chi connectivity index (χ2n) is 4.48. The minimum absolute atomic E-state index is 0.255. The molecule has 18 heavy (non-hydrogen) atoms. The molecule has 0 bridgehead atoms. The summed E-state index contributed by atoms with van der Waals surface area (Å²) >= 11 is 0. The van der Waals surface area contributed by atoms with Crippen molar-refractivity contribution in [2.45, 2.75) is 18.9 Å². The molecule has 0 spiro atoms. The predicted octanol–water partition coefficient (Wildman–Crippen LogP) is 2.45. The van der Waals surface area contributed by atoms with E-state index in [9.17, 15) is 0 Å². The first kappa shape index (κ1) is 11.0. The van der Waals surface area contributed by atoms with Gasteiger partial charge in [0.2, 0.25) is 0 Å². The molecule has 4 heteroatoms. The predicted molar refractivity (Wildman–Crippen MR) is 69.8 cm³/mol. The average molecular weight is 241 g/mol. The Kier molecular flexibility index (Phi) is 2.84. The fraction of sp³-hybridized carbons (Fsp3) is 0.286. The Morgan fingerprint density at radius 1 is 1.33 bits per heavy atom. The molecule has 0 fully saturated rings. The zero-order valence-electron chi connectivity index (χ0n) is 10.2. The lowest BCUT2D eigenvalue weighted by Gasteiger charge is -2.20. The van der Waals surface area contributed by atoms with Crippen LogP contribution >= 0.6 is 0 Å². The van der Waals surface area contributed by atoms with Crippen molar-refractivity contribution >= 4 is 5.82 Å². The maximum absolute atomic E-state index is 5.69. The molecule has 0 radical (unpaired) electrons. The van der Waals surface area contributed by atoms with Gasteiger partial charge in [-0.25, -0.2) is 4.98 Å². The van der Waals surface area contributed by atoms with Gasteiger partial charge in [-0.1, -0.05) is 18.2 Å². The number of anilines is 1. The van der Waals surface area contributed by atoms with Crippen molar-refractivity contribution in [1.29, 1.82) is 0 Å². The number of hydrogen-bond acceptors (Lipinski definition) is 4. The molecule has 1 aromatic carbocycles. The van der Waals surface area contributed by atoms with Crippen molar-refractivity contribution in [3.63, 3.8) is 0 Å². The van der Waals surface area contributed by atoms with Crippen LogP contribution in [0.25, 0.3) is 0 Å². The van der Waals surface area contributed by atoms with Gasteiger partial charge in [0.25, 0.3) is 0 Å². The van der Waals surface area contributed by atoms with Gasteiger partial charge in [0, 0.05) is 29.9 Å². The summed E-state index contributed by atoms with van der Waals surface area (Å²) < 4.78 is 5.69. The van der Waals surface area contributed by atoms with E-state index in [1.807, 2.05) is 12.1 Å². The quantitative estimate of drug-likeness (QED) is 0.896. The van der Waals surface area contributed by atoms with Crippen LogP contribution in [0.5, 0.6) is 5.75 Å². The summed E-state index contributed by atoms with van der Waals surface area (Å²) in [5.41, 5.74) is 1.27. The SMILES string of the molecule is CC(Nc1cnccn1)C1COc2ccccc21. The van der Waals surface area contributed by atoms with Crippen LogP contribution < -0.4 is 10.1 Å². The van der Waals surface area contributed by atoms with Crippen LogP contribution in [0.15, 0.2) is 42.9 Å². The first-order valence-electron chi connectivity index (χ1n) is 6.09. The van der Waals surface area contributed by atoms with Gasteiger partial charge in [0.15, 0.2) is 0 Å². The molecule has 1 N–H and O–H groups in total. The molecule has 1 aliphatic heterocycles. The third-order valence-electron chi connectivity index (χ3n) is 3.28. The second kappa shape index (κ2) is 4.64. The Labute approximate surface area is 106 Å². The lowest BCUT2D eigenvalue weighted by atomic mass is 9.94. The molecular weight excluding hydrogens is 226 g/mol. The van der Waals surface area contributed by atoms with Gasteiger partial charge in [-0.15, -0.1) is 0 Å². The van der Waals surface area contributed by atoms with Crippen LogP contribution in [0.3, 0.4) is 0 Å². The monoisotopic (exact) mass is 241 g/mol. The van der Waals surface area contributed by atoms with Crippen LogP contribution in [0.1, 0.15) is 18.4 Å². The van der Waals surface area contributed by atoms with Crippen LogP contribution in [0.4, 0.5) is 5.82 Å². The number of aromatic nitrogens is 2. The average Bonchev–Trinajstić information content (AvgIpc) is 2.84. The molecule has 0 amide bonds. The van der Waals surface area contributed by atoms with Crippen molar-refractivity contribution in [1.82, 2.24) is 9.97 Å². The lowest BCUT2D eigenvalue weighted by molar-refractivity contribution is 0.322. The highest BCUT2D eigenvalue weighted by molar-refractivity contribution is 5.43. The van der Waals surface area contributed by atoms with Crippen molar-refractivity contribution in [3.05, 3.63) is 48.4 Å². The smallest absolute Gasteiger partial charge is 0.144 e. The Hall–Kier alpha value is -2.10. The largest absolute Gasteiger partial charge is 0.493 e. The minimum atomic E-state index is 0.255. The van der Waals surface area contributed by atoms with Gasteiger partial charge in [-0.05, 0) is 13.0 Å². The molecule has 0 aliphatic carbocycles. The van der Waals surface area contributed by atoms with Gasteiger partial charge >= 0.3 is 0 Å². The number of rotatable bonds is 3. The number of para-hydroxylation sites is 1. The van der Waals surface area contributed by atoms with Crippen molar-refractivity contribution < 1.29 is 4.74 Å². The molecule has 3 rings (SSSR count). The summed E-state index contributed by atoms with van der Waals surface area (Å²) in [5.74, 6) is 2.15. The van der Waals surface area contributed by atoms with Gasteiger partial charge < -0.3 is 10.1 Å². The van der Waals surface area contributed by atoms with E-state index in [0.717, 1.165) is 11.6 Å². The Balaban J connectivity index is 1.77. The van der Waals surface area contributed by atoms with Crippen molar-refractivity contribution in [2.75, 3.05) is 11.9 Å². The lowest BCUT2D eigenvalue weighted by Crippen LogP contribution is -2.25. The zero-order valence-corrected chi connectivity index (χ0v) is 10.2. The summed E-state index contributed by atoms with van der Waals surface area (Å²) in [4.78, 5) is 8.28. The third kappa shape index (κ3) is 2.01. The normalized spacial score (nSPS) is 18.8.